The Kier molecular flexibility index (Phi) is 13.1. The Balaban J connectivity index is 2.09. The first kappa shape index (κ1) is 23.9. The van der Waals surface area contributed by atoms with Crippen LogP contribution < -0.4 is 5.32 Å². The number of nitrogens with one attached hydrogen (secondary N) is 1. The lowest BCUT2D eigenvalue weighted by Crippen LogP contribution is -2.55. The molecule has 4 nitrogen and oxygen atoms in total. The molecule has 2 atom stereocenters. The minimum absolute atomic E-state index is 0.0675. The summed E-state index contributed by atoms with van der Waals surface area (Å²) in [5.74, 6) is 0.0675. The quantitative estimate of drug-likeness (QED) is 0.223. The summed E-state index contributed by atoms with van der Waals surface area (Å²) in [6.45, 7) is 9.95. The largest absolute Gasteiger partial charge is 0.351 e. The van der Waals surface area contributed by atoms with Crippen LogP contribution in [-0.4, -0.2) is 48.9 Å². The monoisotopic (exact) mass is 378 g/mol. The number of aliphatic imine (C=N–C) groups is 1. The SMILES string of the molecule is CCC/C=C/CCCCCCCCCC1N=CC[N+]1(CC)CCNC(C)=O. The molecular weight excluding hydrogens is 334 g/mol. The van der Waals surface area contributed by atoms with Gasteiger partial charge in [0.15, 0.2) is 6.17 Å². The van der Waals surface area contributed by atoms with E-state index >= 15 is 0 Å². The first-order valence-corrected chi connectivity index (χ1v) is 11.4. The molecule has 0 aromatic carbocycles. The maximum atomic E-state index is 11.1. The molecule has 4 heteroatoms. The van der Waals surface area contributed by atoms with E-state index < -0.39 is 0 Å². The van der Waals surface area contributed by atoms with Crippen LogP contribution in [0.5, 0.6) is 0 Å². The lowest BCUT2D eigenvalue weighted by molar-refractivity contribution is -0.935. The molecule has 0 spiro atoms. The van der Waals surface area contributed by atoms with Gasteiger partial charge >= 0.3 is 0 Å². The second-order valence-corrected chi connectivity index (χ2v) is 8.05. The van der Waals surface area contributed by atoms with Gasteiger partial charge in [-0.15, -0.1) is 0 Å². The highest BCUT2D eigenvalue weighted by molar-refractivity contribution is 5.72. The third kappa shape index (κ3) is 10.1. The fraction of sp³-hybridized carbons (Fsp3) is 0.826. The number of allylic oxidation sites excluding steroid dienone is 2. The summed E-state index contributed by atoms with van der Waals surface area (Å²) >= 11 is 0. The molecular formula is C23H44N3O+. The number of unbranched alkanes of at least 4 members (excludes halogenated alkanes) is 8. The summed E-state index contributed by atoms with van der Waals surface area (Å²) in [7, 11) is 0. The Morgan fingerprint density at radius 2 is 1.74 bits per heavy atom. The Hall–Kier alpha value is -1.16. The lowest BCUT2D eigenvalue weighted by Gasteiger charge is -2.38. The van der Waals surface area contributed by atoms with Crippen LogP contribution in [0.4, 0.5) is 0 Å². The molecule has 1 amide bonds. The van der Waals surface area contributed by atoms with E-state index in [2.05, 4.69) is 37.5 Å². The number of carbonyl (C=O) groups excluding carboxylic acids is 1. The highest BCUT2D eigenvalue weighted by Crippen LogP contribution is 2.24. The van der Waals surface area contributed by atoms with E-state index in [-0.39, 0.29) is 5.91 Å². The van der Waals surface area contributed by atoms with Crippen molar-refractivity contribution in [2.75, 3.05) is 26.2 Å². The van der Waals surface area contributed by atoms with Crippen LogP contribution in [0.1, 0.15) is 91.4 Å². The van der Waals surface area contributed by atoms with Crippen LogP contribution in [0.15, 0.2) is 17.1 Å². The summed E-state index contributed by atoms with van der Waals surface area (Å²) < 4.78 is 1.02. The number of hydrogen-bond donors (Lipinski definition) is 1. The molecule has 1 N–H and O–H groups in total. The van der Waals surface area contributed by atoms with Crippen LogP contribution in [0.2, 0.25) is 0 Å². The van der Waals surface area contributed by atoms with E-state index in [1.165, 1.54) is 70.6 Å². The molecule has 156 valence electrons. The van der Waals surface area contributed by atoms with Gasteiger partial charge in [0.1, 0.15) is 6.54 Å². The van der Waals surface area contributed by atoms with Gasteiger partial charge in [-0.05, 0) is 32.6 Å². The van der Waals surface area contributed by atoms with E-state index in [9.17, 15) is 4.79 Å². The van der Waals surface area contributed by atoms with Crippen LogP contribution in [-0.2, 0) is 4.79 Å². The first-order chi connectivity index (χ1) is 13.1. The van der Waals surface area contributed by atoms with Crippen molar-refractivity contribution < 1.29 is 9.28 Å². The molecule has 2 unspecified atom stereocenters. The van der Waals surface area contributed by atoms with Gasteiger partial charge < -0.3 is 5.32 Å². The molecule has 0 saturated heterocycles. The fourth-order valence-corrected chi connectivity index (χ4v) is 4.01. The van der Waals surface area contributed by atoms with Crippen molar-refractivity contribution in [2.45, 2.75) is 97.6 Å². The van der Waals surface area contributed by atoms with E-state index in [0.29, 0.717) is 6.17 Å². The summed E-state index contributed by atoms with van der Waals surface area (Å²) in [6.07, 6.45) is 21.6. The van der Waals surface area contributed by atoms with E-state index in [1.54, 1.807) is 6.92 Å². The van der Waals surface area contributed by atoms with Crippen LogP contribution >= 0.6 is 0 Å². The molecule has 0 fully saturated rings. The van der Waals surface area contributed by atoms with E-state index in [1.807, 2.05) is 0 Å². The number of amides is 1. The van der Waals surface area contributed by atoms with Crippen molar-refractivity contribution in [2.24, 2.45) is 4.99 Å². The average molecular weight is 379 g/mol. The topological polar surface area (TPSA) is 41.5 Å². The second-order valence-electron chi connectivity index (χ2n) is 8.05. The normalized spacial score (nSPS) is 22.0. The Morgan fingerprint density at radius 3 is 2.41 bits per heavy atom. The molecule has 0 aliphatic carbocycles. The van der Waals surface area contributed by atoms with E-state index in [4.69, 9.17) is 4.99 Å². The highest BCUT2D eigenvalue weighted by Gasteiger charge is 2.37. The predicted molar refractivity (Wildman–Crippen MR) is 117 cm³/mol. The number of carbonyl (C=O) groups is 1. The summed E-state index contributed by atoms with van der Waals surface area (Å²) in [6, 6.07) is 0. The number of rotatable bonds is 16. The van der Waals surface area contributed by atoms with Gasteiger partial charge in [-0.1, -0.05) is 57.6 Å². The smallest absolute Gasteiger partial charge is 0.217 e. The Morgan fingerprint density at radius 1 is 1.07 bits per heavy atom. The zero-order valence-corrected chi connectivity index (χ0v) is 18.2. The molecule has 27 heavy (non-hydrogen) atoms. The van der Waals surface area contributed by atoms with Crippen LogP contribution in [0, 0.1) is 0 Å². The minimum atomic E-state index is 0.0675. The molecule has 1 aliphatic heterocycles. The Bertz CT molecular complexity index is 447. The molecule has 0 radical (unpaired) electrons. The molecule has 1 heterocycles. The second kappa shape index (κ2) is 14.8. The third-order valence-electron chi connectivity index (χ3n) is 5.87. The highest BCUT2D eigenvalue weighted by atomic mass is 16.1. The Labute approximate surface area is 168 Å². The zero-order chi connectivity index (χ0) is 19.8. The minimum Gasteiger partial charge on any atom is -0.351 e. The molecule has 0 saturated carbocycles. The maximum Gasteiger partial charge on any atom is 0.217 e. The molecule has 0 aromatic heterocycles. The maximum absolute atomic E-state index is 11.1. The van der Waals surface area contributed by atoms with Gasteiger partial charge in [0.2, 0.25) is 5.91 Å². The van der Waals surface area contributed by atoms with Crippen molar-refractivity contribution in [1.82, 2.24) is 5.32 Å². The van der Waals surface area contributed by atoms with Crippen molar-refractivity contribution in [1.29, 1.82) is 0 Å². The lowest BCUT2D eigenvalue weighted by atomic mass is 10.1. The van der Waals surface area contributed by atoms with Gasteiger partial charge in [-0.2, -0.15) is 0 Å². The summed E-state index contributed by atoms with van der Waals surface area (Å²) in [4.78, 5) is 15.9. The average Bonchev–Trinajstić information content (AvgIpc) is 3.05. The fourth-order valence-electron chi connectivity index (χ4n) is 4.01. The third-order valence-corrected chi connectivity index (χ3v) is 5.87. The van der Waals surface area contributed by atoms with E-state index in [0.717, 1.165) is 30.7 Å². The zero-order valence-electron chi connectivity index (χ0n) is 18.2. The van der Waals surface area contributed by atoms with Crippen molar-refractivity contribution >= 4 is 12.1 Å². The summed E-state index contributed by atoms with van der Waals surface area (Å²) in [5, 5.41) is 2.95. The summed E-state index contributed by atoms with van der Waals surface area (Å²) in [5.41, 5.74) is 0. The number of likely N-dealkylation sites (N-methyl/N-ethyl adjacent to an activating group) is 1. The van der Waals surface area contributed by atoms with Gasteiger partial charge in [-0.3, -0.25) is 9.28 Å². The van der Waals surface area contributed by atoms with Crippen molar-refractivity contribution in [3.8, 4) is 0 Å². The van der Waals surface area contributed by atoms with Crippen molar-refractivity contribution in [3.63, 3.8) is 0 Å². The van der Waals surface area contributed by atoms with Gasteiger partial charge in [-0.25, -0.2) is 4.99 Å². The van der Waals surface area contributed by atoms with Gasteiger partial charge in [0.25, 0.3) is 0 Å². The molecule has 1 aliphatic rings. The first-order valence-electron chi connectivity index (χ1n) is 11.4. The number of nitrogens with zero attached hydrogens (tertiary/aromatic N) is 2. The molecule has 0 bridgehead atoms. The molecule has 1 rings (SSSR count). The number of quaternary nitrogens is 1. The molecule has 0 aromatic rings. The standard InChI is InChI=1S/C23H43N3O/c1-4-6-7-8-9-10-11-12-13-14-15-16-17-23-25-19-21-26(23,5-2)20-18-24-22(3)27/h7-8,19,23H,4-6,9-18,20-21H2,1-3H3/p+1/b8-7+. The van der Waals surface area contributed by atoms with Crippen molar-refractivity contribution in [3.05, 3.63) is 12.2 Å². The van der Waals surface area contributed by atoms with Crippen LogP contribution in [0.3, 0.4) is 0 Å². The predicted octanol–water partition coefficient (Wildman–Crippen LogP) is 5.24. The van der Waals surface area contributed by atoms with Crippen LogP contribution in [0.25, 0.3) is 0 Å². The number of hydrogen-bond acceptors (Lipinski definition) is 2. The van der Waals surface area contributed by atoms with Gasteiger partial charge in [0, 0.05) is 13.3 Å². The van der Waals surface area contributed by atoms with Gasteiger partial charge in [0.05, 0.1) is 25.8 Å².